The quantitative estimate of drug-likeness (QED) is 0.719. The van der Waals surface area contributed by atoms with Gasteiger partial charge in [0, 0.05) is 13.2 Å². The van der Waals surface area contributed by atoms with Crippen LogP contribution in [0.5, 0.6) is 0 Å². The molecule has 1 saturated carbocycles. The number of carbonyl (C=O) groups excluding carboxylic acids is 1. The van der Waals surface area contributed by atoms with Crippen LogP contribution in [-0.2, 0) is 10.9 Å². The molecule has 2 amide bonds. The molecule has 1 aromatic rings. The van der Waals surface area contributed by atoms with Crippen LogP contribution in [0.4, 0.5) is 23.7 Å². The molecule has 1 aromatic carbocycles. The second-order valence-corrected chi connectivity index (χ2v) is 5.51. The maximum atomic E-state index is 12.8. The first-order chi connectivity index (χ1) is 10.9. The molecule has 8 heteroatoms. The van der Waals surface area contributed by atoms with E-state index in [1.54, 1.807) is 0 Å². The third-order valence-corrected chi connectivity index (χ3v) is 3.34. The number of amides is 2. The Labute approximate surface area is 131 Å². The van der Waals surface area contributed by atoms with Crippen molar-refractivity contribution in [2.24, 2.45) is 5.92 Å². The fraction of sp³-hybridized carbons (Fsp3) is 0.533. The molecule has 5 nitrogen and oxygen atoms in total. The van der Waals surface area contributed by atoms with Gasteiger partial charge in [-0.15, -0.1) is 0 Å². The van der Waals surface area contributed by atoms with Gasteiger partial charge in [-0.2, -0.15) is 13.2 Å². The molecule has 0 spiro atoms. The number of hydrogen-bond donors (Lipinski definition) is 3. The Balaban J connectivity index is 1.76. The Morgan fingerprint density at radius 2 is 2.04 bits per heavy atom. The van der Waals surface area contributed by atoms with E-state index in [2.05, 4.69) is 10.6 Å². The average molecular weight is 332 g/mol. The number of carbonyl (C=O) groups is 1. The number of aliphatic hydroxyl groups is 1. The number of rotatable bonds is 7. The van der Waals surface area contributed by atoms with E-state index >= 15 is 0 Å². The summed E-state index contributed by atoms with van der Waals surface area (Å²) in [5.74, 6) is 0.567. The summed E-state index contributed by atoms with van der Waals surface area (Å²) in [5.41, 5.74) is -1.26. The summed E-state index contributed by atoms with van der Waals surface area (Å²) in [6, 6.07) is 3.87. The second-order valence-electron chi connectivity index (χ2n) is 5.51. The molecule has 0 radical (unpaired) electrons. The fourth-order valence-electron chi connectivity index (χ4n) is 1.93. The monoisotopic (exact) mass is 332 g/mol. The van der Waals surface area contributed by atoms with Gasteiger partial charge >= 0.3 is 12.2 Å². The number of nitrogens with one attached hydrogen (secondary N) is 2. The van der Waals surface area contributed by atoms with Crippen molar-refractivity contribution < 1.29 is 27.8 Å². The van der Waals surface area contributed by atoms with Gasteiger partial charge in [-0.3, -0.25) is 0 Å². The molecule has 1 aliphatic carbocycles. The van der Waals surface area contributed by atoms with E-state index < -0.39 is 23.9 Å². The molecular formula is C15H19F3N2O3. The van der Waals surface area contributed by atoms with Crippen molar-refractivity contribution in [3.8, 4) is 0 Å². The highest BCUT2D eigenvalue weighted by Gasteiger charge is 2.33. The van der Waals surface area contributed by atoms with Gasteiger partial charge in [0.1, 0.15) is 0 Å². The number of alkyl halides is 3. The number of urea groups is 1. The van der Waals surface area contributed by atoms with Crippen LogP contribution in [0.3, 0.4) is 0 Å². The van der Waals surface area contributed by atoms with Gasteiger partial charge < -0.3 is 20.5 Å². The van der Waals surface area contributed by atoms with E-state index in [4.69, 9.17) is 4.74 Å². The number of ether oxygens (including phenoxy) is 1. The SMILES string of the molecule is O=C(NC[C@H](O)COCC1CC1)Nc1ccccc1C(F)(F)F. The van der Waals surface area contributed by atoms with Gasteiger partial charge in [-0.05, 0) is 30.9 Å². The largest absolute Gasteiger partial charge is 0.418 e. The van der Waals surface area contributed by atoms with Crippen LogP contribution >= 0.6 is 0 Å². The molecule has 0 bridgehead atoms. The molecule has 23 heavy (non-hydrogen) atoms. The van der Waals surface area contributed by atoms with Crippen molar-refractivity contribution in [1.29, 1.82) is 0 Å². The third-order valence-electron chi connectivity index (χ3n) is 3.34. The Bertz CT molecular complexity index is 533. The molecule has 0 saturated heterocycles. The maximum Gasteiger partial charge on any atom is 0.418 e. The van der Waals surface area contributed by atoms with E-state index in [0.717, 1.165) is 25.0 Å². The lowest BCUT2D eigenvalue weighted by atomic mass is 10.1. The standard InChI is InChI=1S/C15H19F3N2O3/c16-15(17,18)12-3-1-2-4-13(12)20-14(22)19-7-11(21)9-23-8-10-5-6-10/h1-4,10-11,21H,5-9H2,(H2,19,20,22)/t11-/m0/s1. The maximum absolute atomic E-state index is 12.8. The minimum absolute atomic E-state index is 0.0793. The second kappa shape index (κ2) is 7.65. The van der Waals surface area contributed by atoms with Crippen molar-refractivity contribution in [2.45, 2.75) is 25.1 Å². The summed E-state index contributed by atoms with van der Waals surface area (Å²) in [5, 5.41) is 14.1. The molecule has 128 valence electrons. The number of benzene rings is 1. The van der Waals surface area contributed by atoms with Crippen molar-refractivity contribution >= 4 is 11.7 Å². The molecule has 1 aliphatic rings. The van der Waals surface area contributed by atoms with Crippen molar-refractivity contribution in [3.63, 3.8) is 0 Å². The summed E-state index contributed by atoms with van der Waals surface area (Å²) < 4.78 is 43.6. The lowest BCUT2D eigenvalue weighted by Crippen LogP contribution is -2.37. The molecule has 1 atom stereocenters. The van der Waals surface area contributed by atoms with E-state index in [-0.39, 0.29) is 18.8 Å². The normalized spacial score (nSPS) is 16.0. The highest BCUT2D eigenvalue weighted by Crippen LogP contribution is 2.34. The van der Waals surface area contributed by atoms with Crippen molar-refractivity contribution in [1.82, 2.24) is 5.32 Å². The zero-order valence-electron chi connectivity index (χ0n) is 12.4. The third kappa shape index (κ3) is 6.07. The van der Waals surface area contributed by atoms with E-state index in [0.29, 0.717) is 12.5 Å². The van der Waals surface area contributed by atoms with Gasteiger partial charge in [0.2, 0.25) is 0 Å². The topological polar surface area (TPSA) is 70.6 Å². The van der Waals surface area contributed by atoms with E-state index in [9.17, 15) is 23.1 Å². The van der Waals surface area contributed by atoms with Crippen LogP contribution in [0.25, 0.3) is 0 Å². The Morgan fingerprint density at radius 3 is 2.70 bits per heavy atom. The molecule has 2 rings (SSSR count). The Morgan fingerprint density at radius 1 is 1.35 bits per heavy atom. The Hall–Kier alpha value is -1.80. The molecule has 3 N–H and O–H groups in total. The highest BCUT2D eigenvalue weighted by molar-refractivity contribution is 5.90. The number of hydrogen-bond acceptors (Lipinski definition) is 3. The average Bonchev–Trinajstić information content (AvgIpc) is 3.29. The number of halogens is 3. The first-order valence-electron chi connectivity index (χ1n) is 7.33. The minimum Gasteiger partial charge on any atom is -0.389 e. The predicted molar refractivity (Wildman–Crippen MR) is 78.0 cm³/mol. The molecule has 0 heterocycles. The van der Waals surface area contributed by atoms with Crippen LogP contribution in [0, 0.1) is 5.92 Å². The number of aliphatic hydroxyl groups excluding tert-OH is 1. The molecule has 0 unspecified atom stereocenters. The summed E-state index contributed by atoms with van der Waals surface area (Å²) in [7, 11) is 0. The van der Waals surface area contributed by atoms with E-state index in [1.165, 1.54) is 12.1 Å². The van der Waals surface area contributed by atoms with Gasteiger partial charge in [0.05, 0.1) is 24.0 Å². The number of anilines is 1. The minimum atomic E-state index is -4.56. The fourth-order valence-corrected chi connectivity index (χ4v) is 1.93. The first kappa shape index (κ1) is 17.6. The molecule has 1 fully saturated rings. The summed E-state index contributed by atoms with van der Waals surface area (Å²) in [4.78, 5) is 11.6. The molecule has 0 aromatic heterocycles. The van der Waals surface area contributed by atoms with Crippen LogP contribution < -0.4 is 10.6 Å². The summed E-state index contributed by atoms with van der Waals surface area (Å²) >= 11 is 0. The molecule has 0 aliphatic heterocycles. The van der Waals surface area contributed by atoms with Gasteiger partial charge in [0.25, 0.3) is 0 Å². The van der Waals surface area contributed by atoms with Crippen molar-refractivity contribution in [3.05, 3.63) is 29.8 Å². The lowest BCUT2D eigenvalue weighted by molar-refractivity contribution is -0.136. The lowest BCUT2D eigenvalue weighted by Gasteiger charge is -2.15. The number of para-hydroxylation sites is 1. The van der Waals surface area contributed by atoms with Gasteiger partial charge in [-0.1, -0.05) is 12.1 Å². The van der Waals surface area contributed by atoms with Gasteiger partial charge in [-0.25, -0.2) is 4.79 Å². The zero-order chi connectivity index (χ0) is 16.9. The molecular weight excluding hydrogens is 313 g/mol. The van der Waals surface area contributed by atoms with Crippen molar-refractivity contribution in [2.75, 3.05) is 25.1 Å². The van der Waals surface area contributed by atoms with Crippen LogP contribution in [0.2, 0.25) is 0 Å². The smallest absolute Gasteiger partial charge is 0.389 e. The van der Waals surface area contributed by atoms with Crippen LogP contribution in [0.15, 0.2) is 24.3 Å². The summed E-state index contributed by atoms with van der Waals surface area (Å²) in [6.07, 6.45) is -3.19. The zero-order valence-corrected chi connectivity index (χ0v) is 12.4. The highest BCUT2D eigenvalue weighted by atomic mass is 19.4. The Kier molecular flexibility index (Phi) is 5.84. The van der Waals surface area contributed by atoms with Crippen LogP contribution in [0.1, 0.15) is 18.4 Å². The first-order valence-corrected chi connectivity index (χ1v) is 7.33. The van der Waals surface area contributed by atoms with Gasteiger partial charge in [0.15, 0.2) is 0 Å². The van der Waals surface area contributed by atoms with E-state index in [1.807, 2.05) is 0 Å². The predicted octanol–water partition coefficient (Wildman–Crippen LogP) is 2.61. The van der Waals surface area contributed by atoms with Crippen LogP contribution in [-0.4, -0.2) is 37.0 Å². The summed E-state index contributed by atoms with van der Waals surface area (Å²) in [6.45, 7) is 0.558.